The Kier molecular flexibility index (Phi) is 3.30. The second kappa shape index (κ2) is 5.38. The van der Waals surface area contributed by atoms with Crippen LogP contribution in [0, 0.1) is 23.2 Å². The van der Waals surface area contributed by atoms with Crippen molar-refractivity contribution in [2.45, 2.75) is 18.0 Å². The zero-order valence-corrected chi connectivity index (χ0v) is 14.2. The molecule has 4 aliphatic rings. The van der Waals surface area contributed by atoms with Crippen LogP contribution in [0.5, 0.6) is 0 Å². The monoisotopic (exact) mass is 372 g/mol. The fourth-order valence-corrected chi connectivity index (χ4v) is 4.51. The number of ether oxygens (including phenoxy) is 3. The Balaban J connectivity index is 1.60. The standard InChI is InChI=1S/C18H13ClN2O5/c19-10-2-1-9(8-20)11(7-10)21-15(22)13-12-3-4-18(26-12,14(13)16(21)23)17-24-5-6-25-17/h1-4,7,12-14,17H,5-6H2/t12-,13+,14-,18-/m1/s1. The minimum Gasteiger partial charge on any atom is -0.357 e. The van der Waals surface area contributed by atoms with Gasteiger partial charge in [0.15, 0.2) is 11.9 Å². The molecule has 0 aliphatic carbocycles. The summed E-state index contributed by atoms with van der Waals surface area (Å²) in [6, 6.07) is 6.51. The van der Waals surface area contributed by atoms with Gasteiger partial charge in [0.2, 0.25) is 11.8 Å². The number of hydrogen-bond acceptors (Lipinski definition) is 6. The topological polar surface area (TPSA) is 88.9 Å². The van der Waals surface area contributed by atoms with E-state index in [1.165, 1.54) is 12.1 Å². The summed E-state index contributed by atoms with van der Waals surface area (Å²) in [4.78, 5) is 27.4. The Bertz CT molecular complexity index is 903. The highest BCUT2D eigenvalue weighted by Gasteiger charge is 2.71. The number of benzene rings is 1. The summed E-state index contributed by atoms with van der Waals surface area (Å²) >= 11 is 6.03. The lowest BCUT2D eigenvalue weighted by Crippen LogP contribution is -2.49. The largest absolute Gasteiger partial charge is 0.357 e. The van der Waals surface area contributed by atoms with Crippen LogP contribution >= 0.6 is 11.6 Å². The van der Waals surface area contributed by atoms with E-state index in [0.29, 0.717) is 18.2 Å². The summed E-state index contributed by atoms with van der Waals surface area (Å²) in [6.07, 6.45) is 2.31. The molecule has 4 heterocycles. The van der Waals surface area contributed by atoms with E-state index in [9.17, 15) is 14.9 Å². The fourth-order valence-electron chi connectivity index (χ4n) is 4.35. The quantitative estimate of drug-likeness (QED) is 0.576. The molecule has 1 aromatic carbocycles. The molecule has 7 nitrogen and oxygen atoms in total. The molecule has 4 atom stereocenters. The van der Waals surface area contributed by atoms with Crippen molar-refractivity contribution in [3.8, 4) is 6.07 Å². The first kappa shape index (κ1) is 16.0. The molecule has 1 aromatic rings. The summed E-state index contributed by atoms with van der Waals surface area (Å²) in [7, 11) is 0. The van der Waals surface area contributed by atoms with Crippen molar-refractivity contribution in [1.29, 1.82) is 5.26 Å². The van der Waals surface area contributed by atoms with E-state index in [4.69, 9.17) is 25.8 Å². The molecule has 3 saturated heterocycles. The highest BCUT2D eigenvalue weighted by Crippen LogP contribution is 2.55. The smallest absolute Gasteiger partial charge is 0.241 e. The maximum absolute atomic E-state index is 13.3. The van der Waals surface area contributed by atoms with Crippen LogP contribution in [0.25, 0.3) is 0 Å². The Labute approximate surface area is 153 Å². The molecule has 4 aliphatic heterocycles. The van der Waals surface area contributed by atoms with Crippen molar-refractivity contribution >= 4 is 29.1 Å². The molecule has 26 heavy (non-hydrogen) atoms. The number of halogens is 1. The molecule has 0 N–H and O–H groups in total. The van der Waals surface area contributed by atoms with Gasteiger partial charge < -0.3 is 14.2 Å². The molecule has 0 saturated carbocycles. The van der Waals surface area contributed by atoms with Gasteiger partial charge in [-0.2, -0.15) is 5.26 Å². The molecular weight excluding hydrogens is 360 g/mol. The molecule has 5 rings (SSSR count). The van der Waals surface area contributed by atoms with Crippen molar-refractivity contribution in [2.24, 2.45) is 11.8 Å². The van der Waals surface area contributed by atoms with Crippen LogP contribution in [0.2, 0.25) is 5.02 Å². The lowest BCUT2D eigenvalue weighted by atomic mass is 9.76. The molecule has 3 fully saturated rings. The average Bonchev–Trinajstić information content (AvgIpc) is 3.38. The van der Waals surface area contributed by atoms with Crippen molar-refractivity contribution in [3.05, 3.63) is 40.9 Å². The van der Waals surface area contributed by atoms with Crippen LogP contribution in [-0.2, 0) is 23.8 Å². The van der Waals surface area contributed by atoms with Crippen molar-refractivity contribution < 1.29 is 23.8 Å². The minimum absolute atomic E-state index is 0.201. The third-order valence-corrected chi connectivity index (χ3v) is 5.62. The number of nitriles is 1. The molecule has 0 spiro atoms. The number of anilines is 1. The molecule has 132 valence electrons. The summed E-state index contributed by atoms with van der Waals surface area (Å²) in [5.41, 5.74) is -0.703. The Morgan fingerprint density at radius 3 is 2.73 bits per heavy atom. The van der Waals surface area contributed by atoms with Gasteiger partial charge in [-0.25, -0.2) is 4.90 Å². The second-order valence-corrected chi connectivity index (χ2v) is 7.09. The number of imide groups is 1. The number of rotatable bonds is 2. The number of amides is 2. The summed E-state index contributed by atoms with van der Waals surface area (Å²) < 4.78 is 17.2. The van der Waals surface area contributed by atoms with E-state index >= 15 is 0 Å². The lowest BCUT2D eigenvalue weighted by molar-refractivity contribution is -0.180. The zero-order chi connectivity index (χ0) is 18.1. The van der Waals surface area contributed by atoms with Gasteiger partial charge in [-0.3, -0.25) is 9.59 Å². The highest BCUT2D eigenvalue weighted by molar-refractivity contribution is 6.31. The predicted molar refractivity (Wildman–Crippen MR) is 88.1 cm³/mol. The predicted octanol–water partition coefficient (Wildman–Crippen LogP) is 1.40. The molecule has 2 amide bonds. The Hall–Kier alpha value is -2.24. The fraction of sp³-hybridized carbons (Fsp3) is 0.389. The van der Waals surface area contributed by atoms with Gasteiger partial charge in [0, 0.05) is 5.02 Å². The number of nitrogens with zero attached hydrogens (tertiary/aromatic N) is 2. The summed E-state index contributed by atoms with van der Waals surface area (Å²) in [5, 5.41) is 9.70. The maximum Gasteiger partial charge on any atom is 0.241 e. The van der Waals surface area contributed by atoms with Gasteiger partial charge in [-0.15, -0.1) is 0 Å². The van der Waals surface area contributed by atoms with Crippen LogP contribution in [0.4, 0.5) is 5.69 Å². The van der Waals surface area contributed by atoms with Crippen LogP contribution in [-0.4, -0.2) is 43.0 Å². The van der Waals surface area contributed by atoms with E-state index < -0.39 is 41.6 Å². The van der Waals surface area contributed by atoms with E-state index in [1.54, 1.807) is 18.2 Å². The SMILES string of the molecule is N#Cc1ccc(Cl)cc1N1C(=O)[C@H]2[C@H]3C=C[C@@](C4OCCO4)(O3)[C@H]2C1=O. The van der Waals surface area contributed by atoms with Crippen LogP contribution in [0.3, 0.4) is 0 Å². The molecule has 0 aromatic heterocycles. The van der Waals surface area contributed by atoms with Gasteiger partial charge in [-0.1, -0.05) is 17.7 Å². The third kappa shape index (κ3) is 1.87. The van der Waals surface area contributed by atoms with Gasteiger partial charge in [-0.05, 0) is 24.3 Å². The number of carbonyl (C=O) groups is 2. The molecule has 0 radical (unpaired) electrons. The number of fused-ring (bicyclic) bond motifs is 5. The third-order valence-electron chi connectivity index (χ3n) is 5.39. The molecular formula is C18H13ClN2O5. The maximum atomic E-state index is 13.3. The van der Waals surface area contributed by atoms with Gasteiger partial charge in [0.05, 0.1) is 42.4 Å². The van der Waals surface area contributed by atoms with Gasteiger partial charge in [0.25, 0.3) is 0 Å². The lowest BCUT2D eigenvalue weighted by Gasteiger charge is -2.32. The van der Waals surface area contributed by atoms with Gasteiger partial charge >= 0.3 is 0 Å². The van der Waals surface area contributed by atoms with Crippen LogP contribution in [0.15, 0.2) is 30.4 Å². The zero-order valence-electron chi connectivity index (χ0n) is 13.4. The van der Waals surface area contributed by atoms with E-state index in [1.807, 2.05) is 6.07 Å². The van der Waals surface area contributed by atoms with E-state index in [0.717, 1.165) is 4.90 Å². The molecule has 0 unspecified atom stereocenters. The van der Waals surface area contributed by atoms with Crippen LogP contribution < -0.4 is 4.90 Å². The normalized spacial score (nSPS) is 35.4. The average molecular weight is 373 g/mol. The van der Waals surface area contributed by atoms with Crippen molar-refractivity contribution in [1.82, 2.24) is 0 Å². The second-order valence-electron chi connectivity index (χ2n) is 6.66. The van der Waals surface area contributed by atoms with E-state index in [2.05, 4.69) is 0 Å². The van der Waals surface area contributed by atoms with Crippen molar-refractivity contribution in [3.63, 3.8) is 0 Å². The summed E-state index contributed by atoms with van der Waals surface area (Å²) in [6.45, 7) is 0.814. The van der Waals surface area contributed by atoms with Crippen LogP contribution in [0.1, 0.15) is 5.56 Å². The first-order valence-corrected chi connectivity index (χ1v) is 8.62. The number of hydrogen-bond donors (Lipinski definition) is 0. The number of carbonyl (C=O) groups excluding carboxylic acids is 2. The molecule has 8 heteroatoms. The first-order chi connectivity index (χ1) is 12.6. The summed E-state index contributed by atoms with van der Waals surface area (Å²) in [5.74, 6) is -2.23. The van der Waals surface area contributed by atoms with E-state index in [-0.39, 0.29) is 11.3 Å². The Morgan fingerprint density at radius 2 is 2.00 bits per heavy atom. The first-order valence-electron chi connectivity index (χ1n) is 8.24. The Morgan fingerprint density at radius 1 is 1.23 bits per heavy atom. The molecule has 2 bridgehead atoms. The minimum atomic E-state index is -1.11. The highest BCUT2D eigenvalue weighted by atomic mass is 35.5. The van der Waals surface area contributed by atoms with Crippen molar-refractivity contribution in [2.75, 3.05) is 18.1 Å². The van der Waals surface area contributed by atoms with Gasteiger partial charge in [0.1, 0.15) is 6.07 Å².